The number of hydrogen-bond donors (Lipinski definition) is 1. The predicted molar refractivity (Wildman–Crippen MR) is 64.7 cm³/mol. The van der Waals surface area contributed by atoms with Gasteiger partial charge in [0.2, 0.25) is 0 Å². The number of aromatic amines is 1. The van der Waals surface area contributed by atoms with Crippen LogP contribution in [0.3, 0.4) is 0 Å². The molecule has 1 aromatic carbocycles. The Bertz CT molecular complexity index is 513. The van der Waals surface area contributed by atoms with Gasteiger partial charge < -0.3 is 0 Å². The molecule has 6 heteroatoms. The first-order valence-corrected chi connectivity index (χ1v) is 6.11. The van der Waals surface area contributed by atoms with Gasteiger partial charge in [0.25, 0.3) is 0 Å². The minimum Gasteiger partial charge on any atom is -0.295 e. The van der Waals surface area contributed by atoms with Crippen LogP contribution >= 0.6 is 27.7 Å². The molecule has 0 amide bonds. The van der Waals surface area contributed by atoms with Crippen LogP contribution in [0.15, 0.2) is 39.1 Å². The molecule has 1 aromatic heterocycles. The van der Waals surface area contributed by atoms with Crippen molar-refractivity contribution in [2.75, 3.05) is 0 Å². The van der Waals surface area contributed by atoms with Gasteiger partial charge in [-0.1, -0.05) is 6.07 Å². The van der Waals surface area contributed by atoms with E-state index in [2.05, 4.69) is 31.1 Å². The van der Waals surface area contributed by atoms with Gasteiger partial charge in [0.1, 0.15) is 6.33 Å². The highest BCUT2D eigenvalue weighted by atomic mass is 79.9. The molecule has 0 aliphatic heterocycles. The summed E-state index contributed by atoms with van der Waals surface area (Å²) in [5.41, 5.74) is 0.689. The number of aromatic nitrogens is 3. The Morgan fingerprint density at radius 1 is 1.50 bits per heavy atom. The molecule has 0 atom stereocenters. The summed E-state index contributed by atoms with van der Waals surface area (Å²) in [6.07, 6.45) is 1.46. The van der Waals surface area contributed by atoms with E-state index >= 15 is 0 Å². The Balaban J connectivity index is 2.26. The fourth-order valence-electron chi connectivity index (χ4n) is 1.15. The van der Waals surface area contributed by atoms with E-state index in [9.17, 15) is 4.79 Å². The van der Waals surface area contributed by atoms with E-state index in [0.717, 1.165) is 14.5 Å². The molecule has 2 rings (SSSR count). The van der Waals surface area contributed by atoms with Crippen LogP contribution in [0.1, 0.15) is 17.3 Å². The molecule has 0 saturated heterocycles. The summed E-state index contributed by atoms with van der Waals surface area (Å²) < 4.78 is 0.876. The maximum absolute atomic E-state index is 11.2. The van der Waals surface area contributed by atoms with E-state index in [1.54, 1.807) is 19.1 Å². The summed E-state index contributed by atoms with van der Waals surface area (Å²) in [5, 5.41) is 7.25. The second-order valence-corrected chi connectivity index (χ2v) is 4.98. The lowest BCUT2D eigenvalue weighted by atomic mass is 10.2. The van der Waals surface area contributed by atoms with Crippen molar-refractivity contribution in [2.45, 2.75) is 17.0 Å². The van der Waals surface area contributed by atoms with E-state index in [1.807, 2.05) is 6.07 Å². The van der Waals surface area contributed by atoms with Crippen LogP contribution in [0.25, 0.3) is 0 Å². The van der Waals surface area contributed by atoms with Crippen LogP contribution in [0, 0.1) is 0 Å². The number of H-pyrrole nitrogens is 1. The smallest absolute Gasteiger partial charge is 0.188 e. The zero-order valence-corrected chi connectivity index (χ0v) is 10.8. The SMILES string of the molecule is CC(=O)c1ccc(Sc2ncn[nH]2)c(Br)c1. The highest BCUT2D eigenvalue weighted by Gasteiger charge is 2.07. The van der Waals surface area contributed by atoms with E-state index in [1.165, 1.54) is 18.1 Å². The van der Waals surface area contributed by atoms with Crippen LogP contribution in [0.4, 0.5) is 0 Å². The number of benzene rings is 1. The first-order chi connectivity index (χ1) is 7.66. The van der Waals surface area contributed by atoms with Crippen LogP contribution in [0.5, 0.6) is 0 Å². The molecule has 0 aliphatic carbocycles. The first kappa shape index (κ1) is 11.3. The van der Waals surface area contributed by atoms with Crippen molar-refractivity contribution in [1.29, 1.82) is 0 Å². The molecule has 82 valence electrons. The summed E-state index contributed by atoms with van der Waals surface area (Å²) in [4.78, 5) is 16.2. The minimum absolute atomic E-state index is 0.0527. The molecular formula is C10H8BrN3OS. The minimum atomic E-state index is 0.0527. The van der Waals surface area contributed by atoms with Crippen LogP contribution in [0.2, 0.25) is 0 Å². The Labute approximate surface area is 105 Å². The van der Waals surface area contributed by atoms with Crippen molar-refractivity contribution < 1.29 is 4.79 Å². The number of ketones is 1. The van der Waals surface area contributed by atoms with Crippen LogP contribution in [-0.4, -0.2) is 21.0 Å². The summed E-state index contributed by atoms with van der Waals surface area (Å²) in [6, 6.07) is 5.49. The Hall–Kier alpha value is -1.14. The van der Waals surface area contributed by atoms with E-state index in [0.29, 0.717) is 5.56 Å². The Kier molecular flexibility index (Phi) is 3.40. The van der Waals surface area contributed by atoms with Crippen LogP contribution in [-0.2, 0) is 0 Å². The fraction of sp³-hybridized carbons (Fsp3) is 0.100. The number of rotatable bonds is 3. The molecule has 2 aromatic rings. The normalized spacial score (nSPS) is 10.4. The molecule has 0 unspecified atom stereocenters. The van der Waals surface area contributed by atoms with Crippen molar-refractivity contribution in [1.82, 2.24) is 15.2 Å². The molecule has 1 heterocycles. The van der Waals surface area contributed by atoms with Crippen molar-refractivity contribution in [3.63, 3.8) is 0 Å². The average Bonchev–Trinajstić information content (AvgIpc) is 2.73. The number of halogens is 1. The molecule has 16 heavy (non-hydrogen) atoms. The second-order valence-electron chi connectivity index (χ2n) is 3.09. The van der Waals surface area contributed by atoms with Gasteiger partial charge >= 0.3 is 0 Å². The largest absolute Gasteiger partial charge is 0.295 e. The zero-order valence-electron chi connectivity index (χ0n) is 8.40. The topological polar surface area (TPSA) is 58.6 Å². The fourth-order valence-corrected chi connectivity index (χ4v) is 2.47. The average molecular weight is 298 g/mol. The van der Waals surface area contributed by atoms with Gasteiger partial charge in [0.15, 0.2) is 10.9 Å². The molecule has 1 N–H and O–H groups in total. The van der Waals surface area contributed by atoms with Gasteiger partial charge in [-0.05, 0) is 46.7 Å². The van der Waals surface area contributed by atoms with Gasteiger partial charge in [-0.25, -0.2) is 4.98 Å². The maximum atomic E-state index is 11.2. The lowest BCUT2D eigenvalue weighted by Gasteiger charge is -2.03. The number of nitrogens with one attached hydrogen (secondary N) is 1. The molecule has 0 aliphatic rings. The lowest BCUT2D eigenvalue weighted by molar-refractivity contribution is 0.101. The third-order valence-electron chi connectivity index (χ3n) is 1.94. The highest BCUT2D eigenvalue weighted by Crippen LogP contribution is 2.31. The standard InChI is InChI=1S/C10H8BrN3OS/c1-6(15)7-2-3-9(8(11)4-7)16-10-12-5-13-14-10/h2-5H,1H3,(H,12,13,14). The lowest BCUT2D eigenvalue weighted by Crippen LogP contribution is -1.91. The Morgan fingerprint density at radius 2 is 2.31 bits per heavy atom. The summed E-state index contributed by atoms with van der Waals surface area (Å²) >= 11 is 4.88. The van der Waals surface area contributed by atoms with E-state index < -0.39 is 0 Å². The molecule has 0 fully saturated rings. The van der Waals surface area contributed by atoms with Gasteiger partial charge in [-0.15, -0.1) is 0 Å². The van der Waals surface area contributed by atoms with E-state index in [-0.39, 0.29) is 5.78 Å². The van der Waals surface area contributed by atoms with Gasteiger partial charge in [0.05, 0.1) is 0 Å². The highest BCUT2D eigenvalue weighted by molar-refractivity contribution is 9.10. The molecule has 4 nitrogen and oxygen atoms in total. The van der Waals surface area contributed by atoms with Gasteiger partial charge in [-0.3, -0.25) is 9.89 Å². The van der Waals surface area contributed by atoms with Crippen molar-refractivity contribution in [2.24, 2.45) is 0 Å². The third-order valence-corrected chi connectivity index (χ3v) is 3.82. The Morgan fingerprint density at radius 3 is 2.88 bits per heavy atom. The molecule has 0 spiro atoms. The molecule has 0 saturated carbocycles. The summed E-state index contributed by atoms with van der Waals surface area (Å²) in [5.74, 6) is 0.0527. The number of nitrogens with zero attached hydrogens (tertiary/aromatic N) is 2. The van der Waals surface area contributed by atoms with Crippen molar-refractivity contribution in [3.8, 4) is 0 Å². The number of Topliss-reactive ketones (excluding diaryl/α,β-unsaturated/α-hetero) is 1. The zero-order chi connectivity index (χ0) is 11.5. The third kappa shape index (κ3) is 2.51. The predicted octanol–water partition coefficient (Wildman–Crippen LogP) is 2.92. The summed E-state index contributed by atoms with van der Waals surface area (Å²) in [6.45, 7) is 1.55. The van der Waals surface area contributed by atoms with Crippen LogP contribution < -0.4 is 0 Å². The number of carbonyl (C=O) groups is 1. The van der Waals surface area contributed by atoms with E-state index in [4.69, 9.17) is 0 Å². The molecule has 0 bridgehead atoms. The number of carbonyl (C=O) groups excluding carboxylic acids is 1. The number of hydrogen-bond acceptors (Lipinski definition) is 4. The monoisotopic (exact) mass is 297 g/mol. The maximum Gasteiger partial charge on any atom is 0.188 e. The summed E-state index contributed by atoms with van der Waals surface area (Å²) in [7, 11) is 0. The molecule has 0 radical (unpaired) electrons. The first-order valence-electron chi connectivity index (χ1n) is 4.50. The van der Waals surface area contributed by atoms with Crippen molar-refractivity contribution >= 4 is 33.5 Å². The second kappa shape index (κ2) is 4.80. The molecular weight excluding hydrogens is 290 g/mol. The van der Waals surface area contributed by atoms with Gasteiger partial charge in [0, 0.05) is 14.9 Å². The quantitative estimate of drug-likeness (QED) is 0.885. The van der Waals surface area contributed by atoms with Gasteiger partial charge in [-0.2, -0.15) is 5.10 Å². The van der Waals surface area contributed by atoms with Crippen molar-refractivity contribution in [3.05, 3.63) is 34.6 Å².